The van der Waals surface area contributed by atoms with E-state index in [0.717, 1.165) is 0 Å². The highest BCUT2D eigenvalue weighted by Crippen LogP contribution is 2.50. The van der Waals surface area contributed by atoms with E-state index >= 15 is 0 Å². The quantitative estimate of drug-likeness (QED) is 0.369. The van der Waals surface area contributed by atoms with E-state index in [1.807, 2.05) is 0 Å². The molecular weight excluding hydrogens is 220 g/mol. The number of fused-ring (bicyclic) bond motifs is 1. The lowest BCUT2D eigenvalue weighted by atomic mass is 9.93. The summed E-state index contributed by atoms with van der Waals surface area (Å²) < 4.78 is 28.0. The molecule has 0 bridgehead atoms. The molecule has 8 heteroatoms. The predicted molar refractivity (Wildman–Crippen MR) is 44.1 cm³/mol. The first kappa shape index (κ1) is 10.1. The third-order valence-electron chi connectivity index (χ3n) is 1.97. The largest absolute Gasteiger partial charge is 0.375 e. The highest BCUT2D eigenvalue weighted by atomic mass is 35.5. The van der Waals surface area contributed by atoms with Crippen LogP contribution >= 0.6 is 20.2 Å². The van der Waals surface area contributed by atoms with Crippen molar-refractivity contribution < 1.29 is 23.1 Å². The van der Waals surface area contributed by atoms with Gasteiger partial charge in [-0.15, -0.1) is 0 Å². The summed E-state index contributed by atoms with van der Waals surface area (Å²) in [5.74, 6) is 0. The molecule has 0 aromatic carbocycles. The molecule has 2 rings (SSSR count). The van der Waals surface area contributed by atoms with Gasteiger partial charge in [0.2, 0.25) is 5.13 Å². The lowest BCUT2D eigenvalue weighted by molar-refractivity contribution is -0.0317. The summed E-state index contributed by atoms with van der Waals surface area (Å²) in [6.45, 7) is 0.0406. The smallest absolute Gasteiger partial charge is 0.330 e. The van der Waals surface area contributed by atoms with Gasteiger partial charge in [0.25, 0.3) is 0 Å². The van der Waals surface area contributed by atoms with Crippen LogP contribution in [0.15, 0.2) is 0 Å². The van der Waals surface area contributed by atoms with Crippen molar-refractivity contribution in [3.05, 3.63) is 0 Å². The first-order chi connectivity index (χ1) is 6.01. The molecule has 0 aromatic rings. The molecule has 2 aliphatic heterocycles. The first-order valence-corrected chi connectivity index (χ1v) is 5.10. The molecule has 13 heavy (non-hydrogen) atoms. The normalized spacial score (nSPS) is 56.2. The van der Waals surface area contributed by atoms with Gasteiger partial charge in [0.1, 0.15) is 20.1 Å². The van der Waals surface area contributed by atoms with Gasteiger partial charge in [0, 0.05) is 0 Å². The Bertz CT molecular complexity index is 221. The molecule has 4 nitrogen and oxygen atoms in total. The van der Waals surface area contributed by atoms with Crippen molar-refractivity contribution in [1.82, 2.24) is 0 Å². The van der Waals surface area contributed by atoms with Gasteiger partial charge in [0.15, 0.2) is 0 Å². The average molecular weight is 226 g/mol. The summed E-state index contributed by atoms with van der Waals surface area (Å²) in [4.78, 5) is 8.97. The van der Waals surface area contributed by atoms with Crippen LogP contribution in [-0.2, 0) is 13.8 Å². The number of ether oxygens (including phenoxy) is 1. The van der Waals surface area contributed by atoms with Crippen molar-refractivity contribution in [2.75, 3.05) is 6.61 Å². The van der Waals surface area contributed by atoms with Gasteiger partial charge in [-0.1, -0.05) is 11.6 Å². The summed E-state index contributed by atoms with van der Waals surface area (Å²) in [6, 6.07) is -1.26. The fourth-order valence-corrected chi connectivity index (χ4v) is 2.41. The van der Waals surface area contributed by atoms with Crippen LogP contribution in [0.25, 0.3) is 0 Å². The highest BCUT2D eigenvalue weighted by molar-refractivity contribution is 7.40. The first-order valence-electron chi connectivity index (χ1n) is 3.59. The molecular formula is C5H6BClFO4P. The third-order valence-corrected chi connectivity index (χ3v) is 3.18. The maximum Gasteiger partial charge on any atom is 0.330 e. The number of rotatable bonds is 0. The van der Waals surface area contributed by atoms with Crippen molar-refractivity contribution in [3.8, 4) is 0 Å². The summed E-state index contributed by atoms with van der Waals surface area (Å²) >= 11 is 5.46. The molecule has 0 amide bonds. The van der Waals surface area contributed by atoms with Crippen molar-refractivity contribution >= 4 is 28.0 Å². The molecule has 1 N–H and O–H groups in total. The predicted octanol–water partition coefficient (Wildman–Crippen LogP) is 0.419. The van der Waals surface area contributed by atoms with Crippen LogP contribution in [0.5, 0.6) is 0 Å². The minimum atomic E-state index is -2.29. The summed E-state index contributed by atoms with van der Waals surface area (Å²) in [5, 5.41) is -2.29. The second kappa shape index (κ2) is 3.30. The monoisotopic (exact) mass is 226 g/mol. The Balaban J connectivity index is 2.16. The van der Waals surface area contributed by atoms with Crippen LogP contribution in [-0.4, -0.2) is 42.7 Å². The van der Waals surface area contributed by atoms with Gasteiger partial charge in [-0.2, -0.15) is 0 Å². The van der Waals surface area contributed by atoms with Crippen molar-refractivity contribution in [2.24, 2.45) is 0 Å². The minimum Gasteiger partial charge on any atom is -0.375 e. The standard InChI is InChI=1S/C5H6BClFO4P/c6-4-5(7,8)3-2(11-4)1-10-13(9)12-3/h2-4,9H,1H2/t2?,3?,4-,5-,13?/m1/s1. The SMILES string of the molecule is [B][C@@H]1OC2COP(O)OC2[C@]1(F)Cl. The van der Waals surface area contributed by atoms with E-state index in [4.69, 9.17) is 38.1 Å². The van der Waals surface area contributed by atoms with E-state index in [2.05, 4.69) is 0 Å². The summed E-state index contributed by atoms with van der Waals surface area (Å²) in [7, 11) is 3.22. The Morgan fingerprint density at radius 1 is 1.69 bits per heavy atom. The molecule has 72 valence electrons. The van der Waals surface area contributed by atoms with Gasteiger partial charge >= 0.3 is 8.60 Å². The highest BCUT2D eigenvalue weighted by Gasteiger charge is 2.58. The minimum absolute atomic E-state index is 0.0406. The molecule has 3 unspecified atom stereocenters. The second-order valence-electron chi connectivity index (χ2n) is 2.83. The molecule has 2 saturated heterocycles. The van der Waals surface area contributed by atoms with Crippen molar-refractivity contribution in [1.29, 1.82) is 0 Å². The maximum atomic E-state index is 13.5. The van der Waals surface area contributed by atoms with Crippen LogP contribution in [0, 0.1) is 0 Å². The van der Waals surface area contributed by atoms with Gasteiger partial charge in [-0.3, -0.25) is 0 Å². The van der Waals surface area contributed by atoms with E-state index in [-0.39, 0.29) is 6.61 Å². The number of hydrogen-bond donors (Lipinski definition) is 1. The van der Waals surface area contributed by atoms with Crippen LogP contribution in [0.4, 0.5) is 4.39 Å². The van der Waals surface area contributed by atoms with Crippen LogP contribution in [0.3, 0.4) is 0 Å². The van der Waals surface area contributed by atoms with E-state index in [1.54, 1.807) is 0 Å². The molecule has 0 saturated carbocycles. The van der Waals surface area contributed by atoms with Crippen LogP contribution in [0.2, 0.25) is 0 Å². The average Bonchev–Trinajstić information content (AvgIpc) is 2.27. The fourth-order valence-electron chi connectivity index (χ4n) is 1.29. The van der Waals surface area contributed by atoms with Crippen LogP contribution < -0.4 is 0 Å². The Kier molecular flexibility index (Phi) is 2.56. The summed E-state index contributed by atoms with van der Waals surface area (Å²) in [6.07, 6.45) is -1.71. The topological polar surface area (TPSA) is 47.9 Å². The maximum absolute atomic E-state index is 13.5. The lowest BCUT2D eigenvalue weighted by Gasteiger charge is -2.30. The molecule has 5 atom stereocenters. The van der Waals surface area contributed by atoms with E-state index in [0.29, 0.717) is 0 Å². The lowest BCUT2D eigenvalue weighted by Crippen LogP contribution is -2.43. The number of hydrogen-bond acceptors (Lipinski definition) is 4. The zero-order valence-electron chi connectivity index (χ0n) is 6.39. The van der Waals surface area contributed by atoms with Gasteiger partial charge in [0.05, 0.1) is 12.6 Å². The van der Waals surface area contributed by atoms with E-state index in [9.17, 15) is 4.39 Å². The van der Waals surface area contributed by atoms with Gasteiger partial charge < -0.3 is 18.7 Å². The molecule has 2 radical (unpaired) electrons. The second-order valence-corrected chi connectivity index (χ2v) is 4.35. The fraction of sp³-hybridized carbons (Fsp3) is 1.00. The molecule has 0 aromatic heterocycles. The van der Waals surface area contributed by atoms with E-state index in [1.165, 1.54) is 0 Å². The Morgan fingerprint density at radius 3 is 3.08 bits per heavy atom. The molecule has 0 spiro atoms. The molecule has 2 aliphatic rings. The van der Waals surface area contributed by atoms with E-state index < -0.39 is 31.9 Å². The van der Waals surface area contributed by atoms with Gasteiger partial charge in [-0.25, -0.2) is 4.39 Å². The van der Waals surface area contributed by atoms with Crippen molar-refractivity contribution in [3.63, 3.8) is 0 Å². The zero-order valence-corrected chi connectivity index (χ0v) is 8.04. The molecule has 0 aliphatic carbocycles. The van der Waals surface area contributed by atoms with Crippen LogP contribution in [0.1, 0.15) is 0 Å². The zero-order chi connectivity index (χ0) is 9.64. The summed E-state index contributed by atoms with van der Waals surface area (Å²) in [5.41, 5.74) is 0. The van der Waals surface area contributed by atoms with Gasteiger partial charge in [-0.05, 0) is 0 Å². The van der Waals surface area contributed by atoms with Crippen molar-refractivity contribution in [2.45, 2.75) is 23.3 Å². The third kappa shape index (κ3) is 1.60. The Hall–Kier alpha value is 0.555. The molecule has 2 heterocycles. The Labute approximate surface area is 81.7 Å². The number of alkyl halides is 2. The molecule has 2 fully saturated rings. The Morgan fingerprint density at radius 2 is 2.38 bits per heavy atom. The number of halogens is 2.